The number of rotatable bonds is 7. The van der Waals surface area contributed by atoms with Crippen molar-refractivity contribution in [1.29, 1.82) is 0 Å². The molecule has 9 nitrogen and oxygen atoms in total. The number of nitrogens with zero attached hydrogens (tertiary/aromatic N) is 2. The summed E-state index contributed by atoms with van der Waals surface area (Å²) in [7, 11) is 1.31. The van der Waals surface area contributed by atoms with Crippen LogP contribution in [0.15, 0.2) is 30.3 Å². The van der Waals surface area contributed by atoms with Gasteiger partial charge in [-0.2, -0.15) is 0 Å². The molecule has 0 amide bonds. The summed E-state index contributed by atoms with van der Waals surface area (Å²) >= 11 is 1.15. The van der Waals surface area contributed by atoms with E-state index < -0.39 is 17.9 Å². The second-order valence-electron chi connectivity index (χ2n) is 6.54. The van der Waals surface area contributed by atoms with E-state index in [-0.39, 0.29) is 24.9 Å². The van der Waals surface area contributed by atoms with Crippen molar-refractivity contribution in [2.45, 2.75) is 20.5 Å². The highest BCUT2D eigenvalue weighted by molar-refractivity contribution is 7.20. The zero-order chi connectivity index (χ0) is 23.3. The van der Waals surface area contributed by atoms with E-state index in [1.165, 1.54) is 13.2 Å². The Morgan fingerprint density at radius 3 is 2.47 bits per heavy atom. The van der Waals surface area contributed by atoms with Crippen LogP contribution in [-0.4, -0.2) is 41.6 Å². The maximum atomic E-state index is 12.1. The number of carbonyl (C=O) groups excluding carboxylic acids is 3. The Labute approximate surface area is 187 Å². The Bertz CT molecular complexity index is 1200. The van der Waals surface area contributed by atoms with Crippen LogP contribution in [0.5, 0.6) is 0 Å². The highest BCUT2D eigenvalue weighted by atomic mass is 32.1. The Hall–Kier alpha value is -3.79. The SMILES string of the molecule is CCOC(=O)c1sc2nc(COC(=O)/C=C/c3ccc(C(=O)OC)cc3)nc(N)c2c1C. The van der Waals surface area contributed by atoms with Gasteiger partial charge >= 0.3 is 17.9 Å². The summed E-state index contributed by atoms with van der Waals surface area (Å²) in [6.45, 7) is 3.56. The van der Waals surface area contributed by atoms with E-state index in [2.05, 4.69) is 14.7 Å². The molecule has 32 heavy (non-hydrogen) atoms. The molecule has 3 rings (SSSR count). The van der Waals surface area contributed by atoms with Gasteiger partial charge in [0.1, 0.15) is 15.5 Å². The van der Waals surface area contributed by atoms with Crippen LogP contribution < -0.4 is 5.73 Å². The van der Waals surface area contributed by atoms with Gasteiger partial charge in [0.15, 0.2) is 12.4 Å². The van der Waals surface area contributed by atoms with Gasteiger partial charge in [-0.1, -0.05) is 12.1 Å². The monoisotopic (exact) mass is 455 g/mol. The molecule has 2 heterocycles. The lowest BCUT2D eigenvalue weighted by molar-refractivity contribution is -0.139. The second kappa shape index (κ2) is 10.0. The molecule has 0 saturated heterocycles. The first-order valence-electron chi connectivity index (χ1n) is 9.59. The number of nitrogens with two attached hydrogens (primary N) is 1. The van der Waals surface area contributed by atoms with Gasteiger partial charge in [0.25, 0.3) is 0 Å². The quantitative estimate of drug-likeness (QED) is 0.324. The fraction of sp³-hybridized carbons (Fsp3) is 0.227. The number of hydrogen-bond acceptors (Lipinski definition) is 10. The van der Waals surface area contributed by atoms with Crippen LogP contribution in [0, 0.1) is 6.92 Å². The van der Waals surface area contributed by atoms with Gasteiger partial charge in [-0.15, -0.1) is 11.3 Å². The molecule has 0 aliphatic carbocycles. The zero-order valence-corrected chi connectivity index (χ0v) is 18.5. The number of esters is 3. The minimum Gasteiger partial charge on any atom is -0.465 e. The molecule has 0 bridgehead atoms. The maximum absolute atomic E-state index is 12.1. The van der Waals surface area contributed by atoms with Crippen LogP contribution in [-0.2, 0) is 25.6 Å². The molecule has 2 aromatic heterocycles. The van der Waals surface area contributed by atoms with E-state index >= 15 is 0 Å². The van der Waals surface area contributed by atoms with Crippen molar-refractivity contribution >= 4 is 51.4 Å². The molecule has 0 aliphatic heterocycles. The number of ether oxygens (including phenoxy) is 3. The van der Waals surface area contributed by atoms with Crippen molar-refractivity contribution in [3.8, 4) is 0 Å². The maximum Gasteiger partial charge on any atom is 0.348 e. The molecule has 10 heteroatoms. The van der Waals surface area contributed by atoms with Crippen LogP contribution >= 0.6 is 11.3 Å². The first-order valence-corrected chi connectivity index (χ1v) is 10.4. The third kappa shape index (κ3) is 5.09. The minimum absolute atomic E-state index is 0.184. The van der Waals surface area contributed by atoms with Crippen molar-refractivity contribution in [3.63, 3.8) is 0 Å². The molecule has 166 valence electrons. The van der Waals surface area contributed by atoms with E-state index in [9.17, 15) is 14.4 Å². The van der Waals surface area contributed by atoms with E-state index in [1.54, 1.807) is 44.2 Å². The summed E-state index contributed by atoms with van der Waals surface area (Å²) in [5, 5.41) is 0.587. The van der Waals surface area contributed by atoms with Crippen molar-refractivity contribution < 1.29 is 28.6 Å². The molecule has 0 spiro atoms. The highest BCUT2D eigenvalue weighted by Gasteiger charge is 2.20. The molecule has 3 aromatic rings. The molecule has 0 fully saturated rings. The number of aromatic nitrogens is 2. The van der Waals surface area contributed by atoms with Gasteiger partial charge in [0, 0.05) is 6.08 Å². The fourth-order valence-electron chi connectivity index (χ4n) is 2.87. The Kier molecular flexibility index (Phi) is 7.16. The first kappa shape index (κ1) is 22.9. The van der Waals surface area contributed by atoms with Crippen LogP contribution in [0.3, 0.4) is 0 Å². The number of benzene rings is 1. The fourth-order valence-corrected chi connectivity index (χ4v) is 3.97. The Balaban J connectivity index is 1.67. The Morgan fingerprint density at radius 1 is 1.09 bits per heavy atom. The molecular weight excluding hydrogens is 434 g/mol. The number of nitrogen functional groups attached to an aromatic ring is 1. The number of fused-ring (bicyclic) bond motifs is 1. The summed E-state index contributed by atoms with van der Waals surface area (Å²) in [5.74, 6) is -1.06. The van der Waals surface area contributed by atoms with Crippen LogP contribution in [0.4, 0.5) is 5.82 Å². The summed E-state index contributed by atoms with van der Waals surface area (Å²) in [4.78, 5) is 45.1. The average Bonchev–Trinajstić information content (AvgIpc) is 3.13. The van der Waals surface area contributed by atoms with Crippen LogP contribution in [0.25, 0.3) is 16.3 Å². The summed E-state index contributed by atoms with van der Waals surface area (Å²) in [6, 6.07) is 6.54. The molecule has 0 saturated carbocycles. The van der Waals surface area contributed by atoms with Crippen LogP contribution in [0.1, 0.15) is 43.9 Å². The summed E-state index contributed by atoms with van der Waals surface area (Å²) in [5.41, 5.74) is 7.82. The van der Waals surface area contributed by atoms with Gasteiger partial charge in [0.2, 0.25) is 0 Å². The van der Waals surface area contributed by atoms with Gasteiger partial charge in [-0.3, -0.25) is 0 Å². The summed E-state index contributed by atoms with van der Waals surface area (Å²) in [6.07, 6.45) is 2.80. The number of anilines is 1. The third-order valence-electron chi connectivity index (χ3n) is 4.41. The second-order valence-corrected chi connectivity index (χ2v) is 7.54. The lowest BCUT2D eigenvalue weighted by Crippen LogP contribution is -2.06. The molecule has 0 unspecified atom stereocenters. The average molecular weight is 455 g/mol. The molecular formula is C22H21N3O6S. The van der Waals surface area contributed by atoms with Crippen LogP contribution in [0.2, 0.25) is 0 Å². The van der Waals surface area contributed by atoms with Crippen molar-refractivity contribution in [1.82, 2.24) is 9.97 Å². The lowest BCUT2D eigenvalue weighted by Gasteiger charge is -2.04. The van der Waals surface area contributed by atoms with Gasteiger partial charge in [0.05, 0.1) is 24.7 Å². The zero-order valence-electron chi connectivity index (χ0n) is 17.7. The van der Waals surface area contributed by atoms with Crippen molar-refractivity contribution in [2.24, 2.45) is 0 Å². The van der Waals surface area contributed by atoms with E-state index in [4.69, 9.17) is 15.2 Å². The largest absolute Gasteiger partial charge is 0.465 e. The third-order valence-corrected chi connectivity index (χ3v) is 5.58. The Morgan fingerprint density at radius 2 is 1.81 bits per heavy atom. The highest BCUT2D eigenvalue weighted by Crippen LogP contribution is 2.33. The first-order chi connectivity index (χ1) is 15.3. The van der Waals surface area contributed by atoms with Gasteiger partial charge in [-0.25, -0.2) is 24.4 Å². The lowest BCUT2D eigenvalue weighted by atomic mass is 10.1. The smallest absolute Gasteiger partial charge is 0.348 e. The molecule has 0 aliphatic rings. The van der Waals surface area contributed by atoms with Gasteiger partial charge < -0.3 is 19.9 Å². The molecule has 1 aromatic carbocycles. The number of carbonyl (C=O) groups is 3. The molecule has 0 radical (unpaired) electrons. The van der Waals surface area contributed by atoms with E-state index in [1.807, 2.05) is 0 Å². The predicted octanol–water partition coefficient (Wildman–Crippen LogP) is 3.30. The number of thiophene rings is 1. The number of aryl methyl sites for hydroxylation is 1. The van der Waals surface area contributed by atoms with Gasteiger partial charge in [-0.05, 0) is 43.2 Å². The summed E-state index contributed by atoms with van der Waals surface area (Å²) < 4.78 is 14.9. The molecule has 0 atom stereocenters. The topological polar surface area (TPSA) is 131 Å². The number of hydrogen-bond donors (Lipinski definition) is 1. The predicted molar refractivity (Wildman–Crippen MR) is 119 cm³/mol. The van der Waals surface area contributed by atoms with Crippen molar-refractivity contribution in [3.05, 3.63) is 57.7 Å². The minimum atomic E-state index is -0.598. The van der Waals surface area contributed by atoms with E-state index in [0.717, 1.165) is 11.3 Å². The standard InChI is InChI=1S/C22H21N3O6S/c1-4-30-22(28)18-12(2)17-19(23)24-15(25-20(17)32-18)11-31-16(26)10-7-13-5-8-14(9-6-13)21(27)29-3/h5-10H,4,11H2,1-3H3,(H2,23,24,25)/b10-7+. The number of methoxy groups -OCH3 is 1. The van der Waals surface area contributed by atoms with E-state index in [0.29, 0.717) is 31.8 Å². The normalized spacial score (nSPS) is 11.0. The molecule has 2 N–H and O–H groups in total. The van der Waals surface area contributed by atoms with Crippen molar-refractivity contribution in [2.75, 3.05) is 19.5 Å².